The van der Waals surface area contributed by atoms with Crippen LogP contribution in [0.5, 0.6) is 5.75 Å². The lowest BCUT2D eigenvalue weighted by molar-refractivity contribution is -0.207. The van der Waals surface area contributed by atoms with Gasteiger partial charge in [0.05, 0.1) is 13.2 Å². The first-order valence-corrected chi connectivity index (χ1v) is 5.26. The van der Waals surface area contributed by atoms with Gasteiger partial charge in [-0.2, -0.15) is 0 Å². The van der Waals surface area contributed by atoms with E-state index in [1.807, 2.05) is 31.2 Å². The van der Waals surface area contributed by atoms with Crippen molar-refractivity contribution in [2.45, 2.75) is 12.7 Å². The van der Waals surface area contributed by atoms with E-state index in [0.717, 1.165) is 11.3 Å². The highest BCUT2D eigenvalue weighted by atomic mass is 16.7. The van der Waals surface area contributed by atoms with Crippen LogP contribution in [0.2, 0.25) is 0 Å². The van der Waals surface area contributed by atoms with E-state index in [4.69, 9.17) is 19.9 Å². The maximum absolute atomic E-state index is 5.68. The summed E-state index contributed by atoms with van der Waals surface area (Å²) < 4.78 is 16.0. The van der Waals surface area contributed by atoms with Gasteiger partial charge in [0.25, 0.3) is 0 Å². The Morgan fingerprint density at radius 1 is 1.12 bits per heavy atom. The number of hydrogen-bond donors (Lipinski definition) is 1. The Hall–Kier alpha value is -1.10. The number of ether oxygens (including phenoxy) is 3. The fourth-order valence-corrected chi connectivity index (χ4v) is 1.58. The number of hydrogen-bond acceptors (Lipinski definition) is 4. The molecule has 0 amide bonds. The van der Waals surface area contributed by atoms with Crippen LogP contribution < -0.4 is 10.5 Å². The lowest BCUT2D eigenvalue weighted by Crippen LogP contribution is -2.38. The van der Waals surface area contributed by atoms with Crippen molar-refractivity contribution in [2.75, 3.05) is 27.4 Å². The van der Waals surface area contributed by atoms with Crippen molar-refractivity contribution in [3.63, 3.8) is 0 Å². The lowest BCUT2D eigenvalue weighted by atomic mass is 10.1. The molecule has 0 unspecified atom stereocenters. The average molecular weight is 225 g/mol. The molecule has 1 rings (SSSR count). The van der Waals surface area contributed by atoms with E-state index >= 15 is 0 Å². The van der Waals surface area contributed by atoms with Gasteiger partial charge in [0.2, 0.25) is 5.79 Å². The third-order valence-electron chi connectivity index (χ3n) is 2.53. The first-order chi connectivity index (χ1) is 7.72. The van der Waals surface area contributed by atoms with Gasteiger partial charge < -0.3 is 19.9 Å². The maximum Gasteiger partial charge on any atom is 0.207 e. The van der Waals surface area contributed by atoms with E-state index in [0.29, 0.717) is 6.61 Å². The molecule has 0 saturated carbocycles. The fraction of sp³-hybridized carbons (Fsp3) is 0.500. The van der Waals surface area contributed by atoms with Crippen LogP contribution in [0.15, 0.2) is 24.3 Å². The van der Waals surface area contributed by atoms with Crippen LogP contribution in [-0.4, -0.2) is 27.4 Å². The summed E-state index contributed by atoms with van der Waals surface area (Å²) in [5.41, 5.74) is 6.55. The number of rotatable bonds is 6. The smallest absolute Gasteiger partial charge is 0.207 e. The van der Waals surface area contributed by atoms with Crippen LogP contribution in [0.3, 0.4) is 0 Å². The van der Waals surface area contributed by atoms with E-state index in [-0.39, 0.29) is 6.54 Å². The number of methoxy groups -OCH3 is 2. The second kappa shape index (κ2) is 5.84. The predicted molar refractivity (Wildman–Crippen MR) is 62.4 cm³/mol. The van der Waals surface area contributed by atoms with E-state index in [2.05, 4.69) is 0 Å². The van der Waals surface area contributed by atoms with Crippen LogP contribution in [0, 0.1) is 0 Å². The summed E-state index contributed by atoms with van der Waals surface area (Å²) in [6, 6.07) is 7.54. The van der Waals surface area contributed by atoms with Crippen LogP contribution in [0.25, 0.3) is 0 Å². The number of benzene rings is 1. The second-order valence-electron chi connectivity index (χ2n) is 3.32. The van der Waals surface area contributed by atoms with Crippen molar-refractivity contribution < 1.29 is 14.2 Å². The Morgan fingerprint density at radius 3 is 2.06 bits per heavy atom. The predicted octanol–water partition coefficient (Wildman–Crippen LogP) is 1.49. The normalized spacial score (nSPS) is 11.5. The molecule has 0 atom stereocenters. The fourth-order valence-electron chi connectivity index (χ4n) is 1.58. The molecular weight excluding hydrogens is 206 g/mol. The molecule has 0 aromatic heterocycles. The van der Waals surface area contributed by atoms with E-state index in [1.54, 1.807) is 14.2 Å². The first-order valence-electron chi connectivity index (χ1n) is 5.26. The van der Waals surface area contributed by atoms with Gasteiger partial charge >= 0.3 is 0 Å². The largest absolute Gasteiger partial charge is 0.494 e. The zero-order valence-corrected chi connectivity index (χ0v) is 10.0. The average Bonchev–Trinajstić information content (AvgIpc) is 2.34. The summed E-state index contributed by atoms with van der Waals surface area (Å²) in [6.07, 6.45) is 0. The minimum Gasteiger partial charge on any atom is -0.494 e. The van der Waals surface area contributed by atoms with Crippen molar-refractivity contribution in [1.82, 2.24) is 0 Å². The molecule has 1 aromatic carbocycles. The molecule has 0 aliphatic heterocycles. The van der Waals surface area contributed by atoms with Gasteiger partial charge in [-0.25, -0.2) is 0 Å². The minimum absolute atomic E-state index is 0.258. The SMILES string of the molecule is CCOc1ccc(C(CN)(OC)OC)cc1. The molecule has 0 aliphatic rings. The van der Waals surface area contributed by atoms with Crippen molar-refractivity contribution in [3.8, 4) is 5.75 Å². The Bertz CT molecular complexity index is 298. The van der Waals surface area contributed by atoms with Gasteiger partial charge in [-0.3, -0.25) is 0 Å². The van der Waals surface area contributed by atoms with Gasteiger partial charge in [0, 0.05) is 19.8 Å². The van der Waals surface area contributed by atoms with Gasteiger partial charge in [-0.1, -0.05) is 0 Å². The summed E-state index contributed by atoms with van der Waals surface area (Å²) in [6.45, 7) is 2.85. The quantitative estimate of drug-likeness (QED) is 0.745. The van der Waals surface area contributed by atoms with E-state index < -0.39 is 5.79 Å². The van der Waals surface area contributed by atoms with E-state index in [1.165, 1.54) is 0 Å². The molecule has 1 aromatic rings. The summed E-state index contributed by atoms with van der Waals surface area (Å²) >= 11 is 0. The van der Waals surface area contributed by atoms with Crippen molar-refractivity contribution in [2.24, 2.45) is 5.73 Å². The van der Waals surface area contributed by atoms with Gasteiger partial charge in [-0.15, -0.1) is 0 Å². The molecule has 90 valence electrons. The highest BCUT2D eigenvalue weighted by Gasteiger charge is 2.30. The first kappa shape index (κ1) is 13.0. The minimum atomic E-state index is -0.870. The Labute approximate surface area is 96.3 Å². The van der Waals surface area contributed by atoms with Gasteiger partial charge in [0.15, 0.2) is 0 Å². The zero-order valence-electron chi connectivity index (χ0n) is 10.0. The Morgan fingerprint density at radius 2 is 1.69 bits per heavy atom. The molecular formula is C12H19NO3. The molecule has 0 spiro atoms. The highest BCUT2D eigenvalue weighted by Crippen LogP contribution is 2.26. The Balaban J connectivity index is 2.94. The van der Waals surface area contributed by atoms with Gasteiger partial charge in [0.1, 0.15) is 5.75 Å². The van der Waals surface area contributed by atoms with Crippen LogP contribution >= 0.6 is 0 Å². The summed E-state index contributed by atoms with van der Waals surface area (Å²) in [4.78, 5) is 0. The summed E-state index contributed by atoms with van der Waals surface area (Å²) in [5, 5.41) is 0. The summed E-state index contributed by atoms with van der Waals surface area (Å²) in [5.74, 6) is -0.0468. The molecule has 16 heavy (non-hydrogen) atoms. The molecule has 0 fully saturated rings. The van der Waals surface area contributed by atoms with Crippen molar-refractivity contribution in [1.29, 1.82) is 0 Å². The van der Waals surface area contributed by atoms with Gasteiger partial charge in [-0.05, 0) is 31.2 Å². The summed E-state index contributed by atoms with van der Waals surface area (Å²) in [7, 11) is 3.15. The molecule has 0 radical (unpaired) electrons. The van der Waals surface area contributed by atoms with Crippen molar-refractivity contribution >= 4 is 0 Å². The molecule has 4 heteroatoms. The monoisotopic (exact) mass is 225 g/mol. The highest BCUT2D eigenvalue weighted by molar-refractivity contribution is 5.30. The van der Waals surface area contributed by atoms with Crippen LogP contribution in [-0.2, 0) is 15.3 Å². The topological polar surface area (TPSA) is 53.7 Å². The van der Waals surface area contributed by atoms with Crippen LogP contribution in [0.1, 0.15) is 12.5 Å². The molecule has 4 nitrogen and oxygen atoms in total. The molecule has 0 bridgehead atoms. The standard InChI is InChI=1S/C12H19NO3/c1-4-16-11-7-5-10(6-8-11)12(9-13,14-2)15-3/h5-8H,4,9,13H2,1-3H3. The Kier molecular flexibility index (Phi) is 4.73. The molecule has 2 N–H and O–H groups in total. The third-order valence-corrected chi connectivity index (χ3v) is 2.53. The molecule has 0 heterocycles. The lowest BCUT2D eigenvalue weighted by Gasteiger charge is -2.29. The van der Waals surface area contributed by atoms with Crippen molar-refractivity contribution in [3.05, 3.63) is 29.8 Å². The maximum atomic E-state index is 5.68. The van der Waals surface area contributed by atoms with E-state index in [9.17, 15) is 0 Å². The second-order valence-corrected chi connectivity index (χ2v) is 3.32. The van der Waals surface area contributed by atoms with Crippen LogP contribution in [0.4, 0.5) is 0 Å². The number of nitrogens with two attached hydrogens (primary N) is 1. The third kappa shape index (κ3) is 2.52. The molecule has 0 aliphatic carbocycles. The zero-order chi connectivity index (χ0) is 12.0. The molecule has 0 saturated heterocycles.